The Morgan fingerprint density at radius 3 is 2.07 bits per heavy atom. The van der Waals surface area contributed by atoms with E-state index in [1.54, 1.807) is 11.0 Å². The van der Waals surface area contributed by atoms with Crippen molar-refractivity contribution < 1.29 is 4.79 Å². The van der Waals surface area contributed by atoms with Crippen LogP contribution in [0.25, 0.3) is 0 Å². The van der Waals surface area contributed by atoms with Gasteiger partial charge >= 0.3 is 6.03 Å². The lowest BCUT2D eigenvalue weighted by Gasteiger charge is -2.29. The third kappa shape index (κ3) is 5.38. The largest absolute Gasteiger partial charge is 0.326 e. The number of hydrogen-bond acceptors (Lipinski definition) is 2. The maximum absolute atomic E-state index is 13.2. The highest BCUT2D eigenvalue weighted by Crippen LogP contribution is 2.31. The number of likely N-dealkylation sites (N-methyl/N-ethyl adjacent to an activating group) is 1. The fraction of sp³-hybridized carbons (Fsp3) is 0.381. The fourth-order valence-corrected chi connectivity index (χ4v) is 3.62. The third-order valence-electron chi connectivity index (χ3n) is 4.69. The molecule has 27 heavy (non-hydrogen) atoms. The number of carbonyl (C=O) groups excluding carboxylic acids is 1. The molecule has 0 heterocycles. The van der Waals surface area contributed by atoms with Crippen LogP contribution in [0.4, 0.5) is 16.2 Å². The van der Waals surface area contributed by atoms with Gasteiger partial charge in [-0.05, 0) is 50.2 Å². The lowest BCUT2D eigenvalue weighted by molar-refractivity contribution is 0.254. The zero-order valence-electron chi connectivity index (χ0n) is 16.4. The molecule has 6 heteroatoms. The van der Waals surface area contributed by atoms with E-state index in [2.05, 4.69) is 24.1 Å². The Morgan fingerprint density at radius 1 is 0.926 bits per heavy atom. The van der Waals surface area contributed by atoms with Crippen molar-refractivity contribution in [2.75, 3.05) is 36.4 Å². The smallest absolute Gasteiger partial charge is 0.306 e. The van der Waals surface area contributed by atoms with Gasteiger partial charge < -0.3 is 10.2 Å². The number of hydrogen-bond donors (Lipinski definition) is 1. The molecule has 0 fully saturated rings. The van der Waals surface area contributed by atoms with E-state index in [9.17, 15) is 4.79 Å². The Hall–Kier alpha value is -1.75. The molecule has 1 N–H and O–H groups in total. The van der Waals surface area contributed by atoms with Crippen LogP contribution < -0.4 is 10.2 Å². The van der Waals surface area contributed by atoms with Crippen molar-refractivity contribution >= 4 is 40.6 Å². The van der Waals surface area contributed by atoms with Gasteiger partial charge in [-0.15, -0.1) is 0 Å². The molecule has 0 atom stereocenters. The van der Waals surface area contributed by atoms with Crippen LogP contribution in [0.5, 0.6) is 0 Å². The number of aryl methyl sites for hydroxylation is 2. The molecule has 2 amide bonds. The highest BCUT2D eigenvalue weighted by molar-refractivity contribution is 6.35. The van der Waals surface area contributed by atoms with Crippen molar-refractivity contribution in [1.82, 2.24) is 4.90 Å². The Kier molecular flexibility index (Phi) is 7.96. The molecule has 0 spiro atoms. The second kappa shape index (κ2) is 9.98. The van der Waals surface area contributed by atoms with Crippen LogP contribution in [0, 0.1) is 13.8 Å². The Balaban J connectivity index is 2.35. The molecule has 0 aromatic heterocycles. The summed E-state index contributed by atoms with van der Waals surface area (Å²) < 4.78 is 0. The molecule has 146 valence electrons. The summed E-state index contributed by atoms with van der Waals surface area (Å²) in [7, 11) is 0. The number of benzene rings is 2. The SMILES string of the molecule is CCN(CC)CCN(C(=O)Nc1c(C)cccc1Cl)c1c(C)cccc1Cl. The maximum Gasteiger partial charge on any atom is 0.326 e. The number of rotatable bonds is 7. The average molecular weight is 408 g/mol. The van der Waals surface area contributed by atoms with Crippen LogP contribution in [0.15, 0.2) is 36.4 Å². The lowest BCUT2D eigenvalue weighted by atomic mass is 10.1. The molecule has 0 aliphatic rings. The van der Waals surface area contributed by atoms with E-state index in [0.29, 0.717) is 22.3 Å². The van der Waals surface area contributed by atoms with E-state index < -0.39 is 0 Å². The molecule has 0 saturated carbocycles. The lowest BCUT2D eigenvalue weighted by Crippen LogP contribution is -2.41. The first-order valence-electron chi connectivity index (χ1n) is 9.20. The summed E-state index contributed by atoms with van der Waals surface area (Å²) in [6.45, 7) is 11.2. The molecule has 2 aromatic rings. The number of anilines is 2. The van der Waals surface area contributed by atoms with E-state index in [1.165, 1.54) is 0 Å². The first kappa shape index (κ1) is 21.5. The molecule has 4 nitrogen and oxygen atoms in total. The van der Waals surface area contributed by atoms with Crippen molar-refractivity contribution in [2.24, 2.45) is 0 Å². The zero-order valence-corrected chi connectivity index (χ0v) is 17.9. The Labute approximate surface area is 172 Å². The maximum atomic E-state index is 13.2. The van der Waals surface area contributed by atoms with Crippen molar-refractivity contribution in [2.45, 2.75) is 27.7 Å². The molecule has 0 aliphatic carbocycles. The molecule has 0 bridgehead atoms. The van der Waals surface area contributed by atoms with Gasteiger partial charge in [0.2, 0.25) is 0 Å². The van der Waals surface area contributed by atoms with Crippen LogP contribution in [-0.4, -0.2) is 37.1 Å². The normalized spacial score (nSPS) is 10.9. The van der Waals surface area contributed by atoms with Crippen LogP contribution >= 0.6 is 23.2 Å². The van der Waals surface area contributed by atoms with Crippen molar-refractivity contribution in [3.05, 3.63) is 57.6 Å². The summed E-state index contributed by atoms with van der Waals surface area (Å²) in [6, 6.07) is 11.0. The number of amides is 2. The molecule has 0 aliphatic heterocycles. The second-order valence-corrected chi connectivity index (χ2v) is 7.26. The summed E-state index contributed by atoms with van der Waals surface area (Å²) >= 11 is 12.7. The molecule has 2 rings (SSSR count). The Bertz CT molecular complexity index is 750. The molecule has 0 radical (unpaired) electrons. The number of nitrogens with one attached hydrogen (secondary N) is 1. The highest BCUT2D eigenvalue weighted by atomic mass is 35.5. The van der Waals surface area contributed by atoms with E-state index >= 15 is 0 Å². The van der Waals surface area contributed by atoms with Gasteiger partial charge in [0, 0.05) is 13.1 Å². The van der Waals surface area contributed by atoms with E-state index in [4.69, 9.17) is 23.2 Å². The summed E-state index contributed by atoms with van der Waals surface area (Å²) in [5.41, 5.74) is 3.22. The van der Waals surface area contributed by atoms with E-state index in [1.807, 2.05) is 44.2 Å². The van der Waals surface area contributed by atoms with Crippen molar-refractivity contribution in [1.29, 1.82) is 0 Å². The van der Waals surface area contributed by atoms with Gasteiger partial charge in [-0.25, -0.2) is 4.79 Å². The van der Waals surface area contributed by atoms with Gasteiger partial charge in [-0.2, -0.15) is 0 Å². The van der Waals surface area contributed by atoms with Gasteiger partial charge in [0.1, 0.15) is 0 Å². The minimum absolute atomic E-state index is 0.241. The standard InChI is InChI=1S/C21H27Cl2N3O/c1-5-25(6-2)13-14-26(20-16(4)10-8-12-18(20)23)21(27)24-19-15(3)9-7-11-17(19)22/h7-12H,5-6,13-14H2,1-4H3,(H,24,27). The molecule has 0 saturated heterocycles. The van der Waals surface area contributed by atoms with Crippen molar-refractivity contribution in [3.63, 3.8) is 0 Å². The molecular weight excluding hydrogens is 381 g/mol. The first-order chi connectivity index (χ1) is 12.9. The van der Waals surface area contributed by atoms with Gasteiger partial charge in [0.05, 0.1) is 21.4 Å². The van der Waals surface area contributed by atoms with Crippen LogP contribution in [-0.2, 0) is 0 Å². The van der Waals surface area contributed by atoms with Crippen molar-refractivity contribution in [3.8, 4) is 0 Å². The zero-order chi connectivity index (χ0) is 20.0. The summed E-state index contributed by atoms with van der Waals surface area (Å²) in [4.78, 5) is 17.2. The second-order valence-electron chi connectivity index (χ2n) is 6.45. The monoisotopic (exact) mass is 407 g/mol. The predicted molar refractivity (Wildman–Crippen MR) is 117 cm³/mol. The number of urea groups is 1. The van der Waals surface area contributed by atoms with Gasteiger partial charge in [-0.1, -0.05) is 61.3 Å². The van der Waals surface area contributed by atoms with Crippen LogP contribution in [0.2, 0.25) is 10.0 Å². The first-order valence-corrected chi connectivity index (χ1v) is 9.95. The minimum Gasteiger partial charge on any atom is -0.306 e. The highest BCUT2D eigenvalue weighted by Gasteiger charge is 2.22. The molecule has 2 aromatic carbocycles. The van der Waals surface area contributed by atoms with Gasteiger partial charge in [0.25, 0.3) is 0 Å². The summed E-state index contributed by atoms with van der Waals surface area (Å²) in [5, 5.41) is 4.04. The number of para-hydroxylation sites is 2. The number of halogens is 2. The molecule has 0 unspecified atom stereocenters. The van der Waals surface area contributed by atoms with Gasteiger partial charge in [0.15, 0.2) is 0 Å². The van der Waals surface area contributed by atoms with E-state index in [-0.39, 0.29) is 6.03 Å². The fourth-order valence-electron chi connectivity index (χ4n) is 3.03. The Morgan fingerprint density at radius 2 is 1.52 bits per heavy atom. The van der Waals surface area contributed by atoms with Crippen LogP contribution in [0.1, 0.15) is 25.0 Å². The predicted octanol–water partition coefficient (Wildman–Crippen LogP) is 5.99. The minimum atomic E-state index is -0.241. The van der Waals surface area contributed by atoms with Gasteiger partial charge in [-0.3, -0.25) is 4.90 Å². The van der Waals surface area contributed by atoms with Crippen LogP contribution in [0.3, 0.4) is 0 Å². The third-order valence-corrected chi connectivity index (χ3v) is 5.31. The molecular formula is C21H27Cl2N3O. The van der Waals surface area contributed by atoms with E-state index in [0.717, 1.165) is 36.4 Å². The number of nitrogens with zero attached hydrogens (tertiary/aromatic N) is 2. The summed E-state index contributed by atoms with van der Waals surface area (Å²) in [6.07, 6.45) is 0. The number of carbonyl (C=O) groups is 1. The topological polar surface area (TPSA) is 35.6 Å². The average Bonchev–Trinajstić information content (AvgIpc) is 2.63. The quantitative estimate of drug-likeness (QED) is 0.611. The summed E-state index contributed by atoms with van der Waals surface area (Å²) in [5.74, 6) is 0.